The van der Waals surface area contributed by atoms with Crippen molar-refractivity contribution in [3.63, 3.8) is 0 Å². The monoisotopic (exact) mass is 471 g/mol. The number of hydrogen-bond donors (Lipinski definition) is 3. The van der Waals surface area contributed by atoms with E-state index in [4.69, 9.17) is 11.6 Å². The number of carbonyl (C=O) groups excluding carboxylic acids is 2. The Balaban J connectivity index is 1.53. The first-order valence-corrected chi connectivity index (χ1v) is 11.7. The Morgan fingerprint density at radius 2 is 1.44 bits per heavy atom. The summed E-state index contributed by atoms with van der Waals surface area (Å²) in [5.41, 5.74) is 1.37. The molecule has 2 amide bonds. The summed E-state index contributed by atoms with van der Waals surface area (Å²) in [4.78, 5) is 24.5. The van der Waals surface area contributed by atoms with Gasteiger partial charge in [0.05, 0.1) is 15.5 Å². The van der Waals surface area contributed by atoms with Crippen LogP contribution in [-0.4, -0.2) is 33.3 Å². The van der Waals surface area contributed by atoms with Gasteiger partial charge in [-0.2, -0.15) is 0 Å². The van der Waals surface area contributed by atoms with Gasteiger partial charge in [-0.15, -0.1) is 0 Å². The molecular weight excluding hydrogens is 450 g/mol. The number of amides is 2. The number of carbonyl (C=O) groups is 2. The maximum absolute atomic E-state index is 12.6. The zero-order valence-electron chi connectivity index (χ0n) is 17.0. The normalized spacial score (nSPS) is 11.0. The predicted octanol–water partition coefficient (Wildman–Crippen LogP) is 2.98. The van der Waals surface area contributed by atoms with Crippen molar-refractivity contribution in [1.29, 1.82) is 0 Å². The van der Waals surface area contributed by atoms with Crippen molar-refractivity contribution in [3.05, 3.63) is 101 Å². The molecule has 0 spiro atoms. The van der Waals surface area contributed by atoms with Gasteiger partial charge in [-0.05, 0) is 35.9 Å². The molecule has 3 N–H and O–H groups in total. The van der Waals surface area contributed by atoms with E-state index in [2.05, 4.69) is 15.4 Å². The molecule has 3 rings (SSSR count). The van der Waals surface area contributed by atoms with Crippen molar-refractivity contribution in [1.82, 2.24) is 15.4 Å². The molecular formula is C23H22ClN3O4S. The Morgan fingerprint density at radius 3 is 2.16 bits per heavy atom. The molecule has 3 aromatic carbocycles. The summed E-state index contributed by atoms with van der Waals surface area (Å²) in [6.45, 7) is 0.495. The van der Waals surface area contributed by atoms with Gasteiger partial charge in [-0.25, -0.2) is 13.1 Å². The second-order valence-electron chi connectivity index (χ2n) is 6.83. The van der Waals surface area contributed by atoms with Crippen LogP contribution >= 0.6 is 11.6 Å². The lowest BCUT2D eigenvalue weighted by Gasteiger charge is -2.10. The number of halogens is 1. The Morgan fingerprint density at radius 1 is 0.781 bits per heavy atom. The van der Waals surface area contributed by atoms with Gasteiger partial charge in [-0.1, -0.05) is 60.1 Å². The van der Waals surface area contributed by atoms with E-state index >= 15 is 0 Å². The average Bonchev–Trinajstić information content (AvgIpc) is 2.81. The van der Waals surface area contributed by atoms with Crippen LogP contribution in [0.15, 0.2) is 83.8 Å². The zero-order chi connectivity index (χ0) is 23.0. The number of hydrogen-bond acceptors (Lipinski definition) is 4. The smallest absolute Gasteiger partial charge is 0.252 e. The van der Waals surface area contributed by atoms with Gasteiger partial charge >= 0.3 is 0 Å². The van der Waals surface area contributed by atoms with Crippen molar-refractivity contribution in [2.75, 3.05) is 13.1 Å². The quantitative estimate of drug-likeness (QED) is 0.417. The van der Waals surface area contributed by atoms with Gasteiger partial charge in [0, 0.05) is 25.2 Å². The van der Waals surface area contributed by atoms with E-state index in [1.54, 1.807) is 24.3 Å². The maximum atomic E-state index is 12.6. The molecule has 32 heavy (non-hydrogen) atoms. The summed E-state index contributed by atoms with van der Waals surface area (Å²) >= 11 is 5.99. The van der Waals surface area contributed by atoms with Crippen LogP contribution in [0.1, 0.15) is 26.3 Å². The zero-order valence-corrected chi connectivity index (χ0v) is 18.6. The summed E-state index contributed by atoms with van der Waals surface area (Å²) in [6, 6.07) is 21.6. The molecule has 0 atom stereocenters. The molecule has 0 saturated carbocycles. The minimum absolute atomic E-state index is 0.00639. The lowest BCUT2D eigenvalue weighted by molar-refractivity contribution is 0.0927. The van der Waals surface area contributed by atoms with Crippen LogP contribution in [0.4, 0.5) is 0 Å². The molecule has 3 aromatic rings. The highest BCUT2D eigenvalue weighted by Crippen LogP contribution is 2.14. The van der Waals surface area contributed by atoms with E-state index in [9.17, 15) is 18.0 Å². The average molecular weight is 472 g/mol. The third kappa shape index (κ3) is 6.40. The van der Waals surface area contributed by atoms with E-state index in [0.717, 1.165) is 5.56 Å². The Labute approximate surface area is 191 Å². The SMILES string of the molecule is O=C(NCCNC(=O)c1ccccc1Cl)c1cccc(S(=O)(=O)NCc2ccccc2)c1. The number of benzene rings is 3. The summed E-state index contributed by atoms with van der Waals surface area (Å²) in [7, 11) is -3.79. The predicted molar refractivity (Wildman–Crippen MR) is 123 cm³/mol. The van der Waals surface area contributed by atoms with E-state index < -0.39 is 15.9 Å². The van der Waals surface area contributed by atoms with Crippen LogP contribution in [0.25, 0.3) is 0 Å². The van der Waals surface area contributed by atoms with E-state index in [1.165, 1.54) is 24.3 Å². The van der Waals surface area contributed by atoms with Crippen molar-refractivity contribution in [2.45, 2.75) is 11.4 Å². The van der Waals surface area contributed by atoms with Gasteiger partial charge in [-0.3, -0.25) is 9.59 Å². The van der Waals surface area contributed by atoms with Crippen LogP contribution in [0, 0.1) is 0 Å². The third-order valence-corrected chi connectivity index (χ3v) is 6.26. The van der Waals surface area contributed by atoms with Crippen molar-refractivity contribution < 1.29 is 18.0 Å². The molecule has 0 unspecified atom stereocenters. The molecule has 0 aliphatic rings. The van der Waals surface area contributed by atoms with E-state index in [1.807, 2.05) is 30.3 Å². The molecule has 0 saturated heterocycles. The first-order chi connectivity index (χ1) is 15.4. The number of sulfonamides is 1. The van der Waals surface area contributed by atoms with Crippen molar-refractivity contribution in [2.24, 2.45) is 0 Å². The van der Waals surface area contributed by atoms with Crippen LogP contribution in [0.2, 0.25) is 5.02 Å². The number of nitrogens with one attached hydrogen (secondary N) is 3. The third-order valence-electron chi connectivity index (χ3n) is 4.53. The lowest BCUT2D eigenvalue weighted by atomic mass is 10.2. The lowest BCUT2D eigenvalue weighted by Crippen LogP contribution is -2.34. The molecule has 166 valence electrons. The minimum atomic E-state index is -3.79. The Kier molecular flexibility index (Phi) is 7.99. The van der Waals surface area contributed by atoms with Crippen LogP contribution in [-0.2, 0) is 16.6 Å². The van der Waals surface area contributed by atoms with E-state index in [0.29, 0.717) is 10.6 Å². The minimum Gasteiger partial charge on any atom is -0.350 e. The summed E-state index contributed by atoms with van der Waals surface area (Å²) in [5, 5.41) is 5.67. The molecule has 0 aliphatic heterocycles. The highest BCUT2D eigenvalue weighted by atomic mass is 35.5. The van der Waals surface area contributed by atoms with Crippen LogP contribution in [0.3, 0.4) is 0 Å². The summed E-state index contributed by atoms with van der Waals surface area (Å²) < 4.78 is 27.7. The van der Waals surface area contributed by atoms with Gasteiger partial charge in [0.2, 0.25) is 10.0 Å². The largest absolute Gasteiger partial charge is 0.350 e. The molecule has 0 radical (unpaired) electrons. The first-order valence-electron chi connectivity index (χ1n) is 9.81. The molecule has 0 heterocycles. The highest BCUT2D eigenvalue weighted by Gasteiger charge is 2.16. The highest BCUT2D eigenvalue weighted by molar-refractivity contribution is 7.89. The van der Waals surface area contributed by atoms with Gasteiger partial charge in [0.1, 0.15) is 0 Å². The fourth-order valence-electron chi connectivity index (χ4n) is 2.86. The number of rotatable bonds is 9. The van der Waals surface area contributed by atoms with Crippen LogP contribution < -0.4 is 15.4 Å². The molecule has 7 nitrogen and oxygen atoms in total. The van der Waals surface area contributed by atoms with Crippen molar-refractivity contribution in [3.8, 4) is 0 Å². The standard InChI is InChI=1S/C23H22ClN3O4S/c24-21-12-5-4-11-20(21)23(29)26-14-13-25-22(28)18-9-6-10-19(15-18)32(30,31)27-16-17-7-2-1-3-8-17/h1-12,15,27H,13-14,16H2,(H,25,28)(H,26,29). The fraction of sp³-hybridized carbons (Fsp3) is 0.130. The molecule has 0 bridgehead atoms. The van der Waals surface area contributed by atoms with E-state index in [-0.39, 0.29) is 36.0 Å². The molecule has 9 heteroatoms. The Hall–Kier alpha value is -3.20. The second-order valence-corrected chi connectivity index (χ2v) is 9.00. The molecule has 0 fully saturated rings. The van der Waals surface area contributed by atoms with Crippen LogP contribution in [0.5, 0.6) is 0 Å². The topological polar surface area (TPSA) is 104 Å². The Bertz CT molecular complexity index is 1200. The van der Waals surface area contributed by atoms with Gasteiger partial charge in [0.15, 0.2) is 0 Å². The molecule has 0 aliphatic carbocycles. The maximum Gasteiger partial charge on any atom is 0.252 e. The first kappa shape index (κ1) is 23.5. The summed E-state index contributed by atoms with van der Waals surface area (Å²) in [6.07, 6.45) is 0. The van der Waals surface area contributed by atoms with Crippen molar-refractivity contribution >= 4 is 33.4 Å². The molecule has 0 aromatic heterocycles. The summed E-state index contributed by atoms with van der Waals surface area (Å²) in [5.74, 6) is -0.792. The van der Waals surface area contributed by atoms with Gasteiger partial charge < -0.3 is 10.6 Å². The second kappa shape index (κ2) is 10.9. The van der Waals surface area contributed by atoms with Gasteiger partial charge in [0.25, 0.3) is 11.8 Å². The fourth-order valence-corrected chi connectivity index (χ4v) is 4.14.